The summed E-state index contributed by atoms with van der Waals surface area (Å²) in [5.41, 5.74) is 3.09. The number of rotatable bonds is 7. The third kappa shape index (κ3) is 4.35. The molecule has 1 N–H and O–H groups in total. The fourth-order valence-corrected chi connectivity index (χ4v) is 3.62. The van der Waals surface area contributed by atoms with Crippen LogP contribution in [0, 0.1) is 0 Å². The van der Waals surface area contributed by atoms with Gasteiger partial charge in [-0.1, -0.05) is 43.3 Å². The van der Waals surface area contributed by atoms with E-state index in [0.29, 0.717) is 6.54 Å². The van der Waals surface area contributed by atoms with Crippen molar-refractivity contribution in [2.45, 2.75) is 31.3 Å². The van der Waals surface area contributed by atoms with Gasteiger partial charge in [0.05, 0.1) is 11.4 Å². The van der Waals surface area contributed by atoms with E-state index in [2.05, 4.69) is 9.82 Å². The van der Waals surface area contributed by atoms with Crippen molar-refractivity contribution in [1.82, 2.24) is 14.5 Å². The van der Waals surface area contributed by atoms with Gasteiger partial charge in [-0.15, -0.1) is 0 Å². The number of benzene rings is 2. The van der Waals surface area contributed by atoms with Crippen LogP contribution in [0.1, 0.15) is 23.6 Å². The van der Waals surface area contributed by atoms with Crippen molar-refractivity contribution in [1.29, 1.82) is 0 Å². The Balaban J connectivity index is 1.74. The van der Waals surface area contributed by atoms with Crippen LogP contribution >= 0.6 is 0 Å². The zero-order chi connectivity index (χ0) is 17.7. The highest BCUT2D eigenvalue weighted by Gasteiger charge is 2.14. The Morgan fingerprint density at radius 3 is 2.36 bits per heavy atom. The molecule has 1 heterocycles. The van der Waals surface area contributed by atoms with Crippen LogP contribution in [-0.4, -0.2) is 18.2 Å². The largest absolute Gasteiger partial charge is 0.268 e. The lowest BCUT2D eigenvalue weighted by Gasteiger charge is -2.12. The average Bonchev–Trinajstić information content (AvgIpc) is 3.14. The van der Waals surface area contributed by atoms with E-state index in [1.165, 1.54) is 0 Å². The Bertz CT molecular complexity index is 918. The van der Waals surface area contributed by atoms with Gasteiger partial charge in [-0.25, -0.2) is 13.1 Å². The van der Waals surface area contributed by atoms with Crippen LogP contribution in [-0.2, 0) is 29.5 Å². The first-order valence-corrected chi connectivity index (χ1v) is 9.69. The second kappa shape index (κ2) is 7.63. The SMILES string of the molecule is CCc1ccc(S(=O)(=O)NCc2ccccc2Cn2cccn2)cc1. The van der Waals surface area contributed by atoms with Crippen LogP contribution in [0.15, 0.2) is 71.9 Å². The van der Waals surface area contributed by atoms with Gasteiger partial charge in [-0.2, -0.15) is 5.10 Å². The van der Waals surface area contributed by atoms with Crippen LogP contribution < -0.4 is 4.72 Å². The Morgan fingerprint density at radius 2 is 1.72 bits per heavy atom. The minimum absolute atomic E-state index is 0.245. The van der Waals surface area contributed by atoms with Crippen molar-refractivity contribution in [2.24, 2.45) is 0 Å². The van der Waals surface area contributed by atoms with Gasteiger partial charge in [0.1, 0.15) is 0 Å². The maximum absolute atomic E-state index is 12.5. The lowest BCUT2D eigenvalue weighted by Crippen LogP contribution is -2.24. The molecule has 25 heavy (non-hydrogen) atoms. The van der Waals surface area contributed by atoms with Crippen molar-refractivity contribution >= 4 is 10.0 Å². The Morgan fingerprint density at radius 1 is 1.00 bits per heavy atom. The van der Waals surface area contributed by atoms with Crippen LogP contribution in [0.4, 0.5) is 0 Å². The molecule has 0 atom stereocenters. The molecule has 3 rings (SSSR count). The molecule has 0 radical (unpaired) electrons. The molecule has 0 saturated carbocycles. The molecule has 1 aromatic heterocycles. The van der Waals surface area contributed by atoms with Gasteiger partial charge in [0, 0.05) is 18.9 Å². The van der Waals surface area contributed by atoms with Gasteiger partial charge < -0.3 is 0 Å². The lowest BCUT2D eigenvalue weighted by atomic mass is 10.1. The number of sulfonamides is 1. The molecule has 130 valence electrons. The first-order valence-electron chi connectivity index (χ1n) is 8.21. The maximum Gasteiger partial charge on any atom is 0.240 e. The zero-order valence-corrected chi connectivity index (χ0v) is 14.9. The molecular weight excluding hydrogens is 334 g/mol. The summed E-state index contributed by atoms with van der Waals surface area (Å²) in [6, 6.07) is 16.6. The number of nitrogens with zero attached hydrogens (tertiary/aromatic N) is 2. The van der Waals surface area contributed by atoms with Crippen molar-refractivity contribution in [3.63, 3.8) is 0 Å². The second-order valence-corrected chi connectivity index (χ2v) is 7.56. The molecular formula is C19H21N3O2S. The van der Waals surface area contributed by atoms with E-state index in [1.807, 2.05) is 60.3 Å². The van der Waals surface area contributed by atoms with Crippen molar-refractivity contribution in [2.75, 3.05) is 0 Å². The fraction of sp³-hybridized carbons (Fsp3) is 0.211. The van der Waals surface area contributed by atoms with E-state index >= 15 is 0 Å². The normalized spacial score (nSPS) is 11.6. The van der Waals surface area contributed by atoms with Crippen LogP contribution in [0.5, 0.6) is 0 Å². The summed E-state index contributed by atoms with van der Waals surface area (Å²) in [6.07, 6.45) is 4.50. The van der Waals surface area contributed by atoms with E-state index < -0.39 is 10.0 Å². The standard InChI is InChI=1S/C19H21N3O2S/c1-2-16-8-10-19(11-9-16)25(23,24)21-14-17-6-3-4-7-18(17)15-22-13-5-12-20-22/h3-13,21H,2,14-15H2,1H3. The molecule has 0 bridgehead atoms. The third-order valence-electron chi connectivity index (χ3n) is 4.10. The molecule has 0 unspecified atom stereocenters. The molecule has 0 fully saturated rings. The van der Waals surface area contributed by atoms with E-state index in [9.17, 15) is 8.42 Å². The molecule has 2 aromatic carbocycles. The Hall–Kier alpha value is -2.44. The van der Waals surface area contributed by atoms with Crippen LogP contribution in [0.25, 0.3) is 0 Å². The first-order chi connectivity index (χ1) is 12.1. The maximum atomic E-state index is 12.5. The summed E-state index contributed by atoms with van der Waals surface area (Å²) < 4.78 is 29.5. The predicted molar refractivity (Wildman–Crippen MR) is 97.6 cm³/mol. The minimum atomic E-state index is -3.53. The van der Waals surface area contributed by atoms with Crippen LogP contribution in [0.2, 0.25) is 0 Å². The van der Waals surface area contributed by atoms with Crippen LogP contribution in [0.3, 0.4) is 0 Å². The Kier molecular flexibility index (Phi) is 5.31. The molecule has 0 amide bonds. The smallest absolute Gasteiger partial charge is 0.240 e. The van der Waals surface area contributed by atoms with Gasteiger partial charge in [0.15, 0.2) is 0 Å². The van der Waals surface area contributed by atoms with E-state index in [4.69, 9.17) is 0 Å². The highest BCUT2D eigenvalue weighted by Crippen LogP contribution is 2.14. The van der Waals surface area contributed by atoms with Gasteiger partial charge in [-0.05, 0) is 41.3 Å². The number of hydrogen-bond acceptors (Lipinski definition) is 3. The van der Waals surface area contributed by atoms with Gasteiger partial charge in [0.2, 0.25) is 10.0 Å². The highest BCUT2D eigenvalue weighted by molar-refractivity contribution is 7.89. The van der Waals surface area contributed by atoms with Gasteiger partial charge in [0.25, 0.3) is 0 Å². The van der Waals surface area contributed by atoms with E-state index in [0.717, 1.165) is 23.1 Å². The number of nitrogens with one attached hydrogen (secondary N) is 1. The summed E-state index contributed by atoms with van der Waals surface area (Å²) in [4.78, 5) is 0.286. The molecule has 0 aliphatic heterocycles. The van der Waals surface area contributed by atoms with Gasteiger partial charge >= 0.3 is 0 Å². The predicted octanol–water partition coefficient (Wildman–Crippen LogP) is 2.97. The third-order valence-corrected chi connectivity index (χ3v) is 5.52. The fourth-order valence-electron chi connectivity index (χ4n) is 2.61. The minimum Gasteiger partial charge on any atom is -0.268 e. The summed E-state index contributed by atoms with van der Waals surface area (Å²) in [5.74, 6) is 0. The van der Waals surface area contributed by atoms with Crippen molar-refractivity contribution in [3.8, 4) is 0 Å². The highest BCUT2D eigenvalue weighted by atomic mass is 32.2. The number of aryl methyl sites for hydroxylation is 1. The molecule has 0 spiro atoms. The summed E-state index contributed by atoms with van der Waals surface area (Å²) in [7, 11) is -3.53. The Labute approximate surface area is 148 Å². The summed E-state index contributed by atoms with van der Waals surface area (Å²) in [6.45, 7) is 2.89. The molecule has 5 nitrogen and oxygen atoms in total. The van der Waals surface area contributed by atoms with Crippen molar-refractivity contribution < 1.29 is 8.42 Å². The molecule has 6 heteroatoms. The lowest BCUT2D eigenvalue weighted by molar-refractivity contribution is 0.580. The number of hydrogen-bond donors (Lipinski definition) is 1. The molecule has 0 aliphatic carbocycles. The van der Waals surface area contributed by atoms with E-state index in [1.54, 1.807) is 18.3 Å². The second-order valence-electron chi connectivity index (χ2n) is 5.79. The average molecular weight is 355 g/mol. The zero-order valence-electron chi connectivity index (χ0n) is 14.1. The summed E-state index contributed by atoms with van der Waals surface area (Å²) >= 11 is 0. The summed E-state index contributed by atoms with van der Waals surface area (Å²) in [5, 5.41) is 4.20. The molecule has 0 aliphatic rings. The van der Waals surface area contributed by atoms with Gasteiger partial charge in [-0.3, -0.25) is 4.68 Å². The molecule has 3 aromatic rings. The quantitative estimate of drug-likeness (QED) is 0.709. The first kappa shape index (κ1) is 17.4. The van der Waals surface area contributed by atoms with Crippen molar-refractivity contribution in [3.05, 3.63) is 83.7 Å². The number of aromatic nitrogens is 2. The topological polar surface area (TPSA) is 64.0 Å². The molecule has 0 saturated heterocycles. The van der Waals surface area contributed by atoms with E-state index in [-0.39, 0.29) is 11.4 Å². The monoisotopic (exact) mass is 355 g/mol.